The molecule has 424 valence electrons. The summed E-state index contributed by atoms with van der Waals surface area (Å²) in [5.74, 6) is -9.27. The molecule has 27 heteroatoms. The van der Waals surface area contributed by atoms with Gasteiger partial charge in [-0.15, -0.1) is 0 Å². The molecule has 2 fully saturated rings. The summed E-state index contributed by atoms with van der Waals surface area (Å²) in [5.41, 5.74) is 0.813. The SMILES string of the molecule is CNCC(NC)C(=O)NC(CC(C)C)C(=O)N1CCCC1C(=O)NC1CSSCC(C)NC(=O)C(C(C)O)NC(=O)CNC(=O)C(Cc2ccc(O)cc2)NC(=O)C(Cc2ccc(O)cc2)NC(=O)C(CC(=O)O)NC1=O. The van der Waals surface area contributed by atoms with Crippen molar-refractivity contribution in [3.05, 3.63) is 59.7 Å². The van der Waals surface area contributed by atoms with Crippen molar-refractivity contribution in [1.29, 1.82) is 0 Å². The second kappa shape index (κ2) is 30.9. The number of aliphatic hydroxyl groups excluding tert-OH is 1. The Hall–Kier alpha value is -6.68. The number of rotatable bonds is 17. The summed E-state index contributed by atoms with van der Waals surface area (Å²) in [4.78, 5) is 139. The normalized spacial score (nSPS) is 23.9. The molecule has 10 atom stereocenters. The lowest BCUT2D eigenvalue weighted by Crippen LogP contribution is -2.61. The third-order valence-corrected chi connectivity index (χ3v) is 15.0. The molecule has 0 spiro atoms. The lowest BCUT2D eigenvalue weighted by Gasteiger charge is -2.31. The largest absolute Gasteiger partial charge is 0.508 e. The summed E-state index contributed by atoms with van der Waals surface area (Å²) in [6, 6.07) is -0.193. The number of nitrogens with zero attached hydrogens (tertiary/aromatic N) is 1. The second-order valence-electron chi connectivity index (χ2n) is 19.3. The number of carboxylic acid groups (broad SMARTS) is 1. The number of aliphatic hydroxyl groups is 1. The van der Waals surface area contributed by atoms with Crippen molar-refractivity contribution in [1.82, 2.24) is 58.1 Å². The van der Waals surface area contributed by atoms with Gasteiger partial charge in [-0.25, -0.2) is 0 Å². The molecular formula is C50H73N11O14S2. The average Bonchev–Trinajstić information content (AvgIpc) is 3.87. The minimum absolute atomic E-state index is 0.0468. The molecule has 14 N–H and O–H groups in total. The smallest absolute Gasteiger partial charge is 0.305 e. The zero-order valence-corrected chi connectivity index (χ0v) is 45.5. The number of benzene rings is 2. The highest BCUT2D eigenvalue weighted by molar-refractivity contribution is 8.76. The lowest BCUT2D eigenvalue weighted by molar-refractivity contribution is -0.143. The van der Waals surface area contributed by atoms with Gasteiger partial charge in [0.25, 0.3) is 0 Å². The number of carbonyl (C=O) groups is 10. The van der Waals surface area contributed by atoms with Gasteiger partial charge in [-0.3, -0.25) is 47.9 Å². The number of aliphatic carboxylic acids is 1. The van der Waals surface area contributed by atoms with Gasteiger partial charge in [-0.2, -0.15) is 0 Å². The third-order valence-electron chi connectivity index (χ3n) is 12.4. The Labute approximate surface area is 454 Å². The Kier molecular flexibility index (Phi) is 25.2. The van der Waals surface area contributed by atoms with Crippen molar-refractivity contribution >= 4 is 80.7 Å². The number of hydrogen-bond donors (Lipinski definition) is 14. The minimum atomic E-state index is -1.88. The predicted molar refractivity (Wildman–Crippen MR) is 286 cm³/mol. The van der Waals surface area contributed by atoms with E-state index >= 15 is 0 Å². The molecule has 2 aliphatic rings. The summed E-state index contributed by atoms with van der Waals surface area (Å²) in [7, 11) is 5.50. The monoisotopic (exact) mass is 1120 g/mol. The van der Waals surface area contributed by atoms with Crippen LogP contribution in [0.5, 0.6) is 11.5 Å². The highest BCUT2D eigenvalue weighted by atomic mass is 33.1. The molecule has 2 saturated heterocycles. The minimum Gasteiger partial charge on any atom is -0.508 e. The first-order valence-electron chi connectivity index (χ1n) is 25.2. The molecule has 2 aromatic carbocycles. The van der Waals surface area contributed by atoms with E-state index in [1.165, 1.54) is 60.4 Å². The summed E-state index contributed by atoms with van der Waals surface area (Å²) in [5, 5.41) is 66.9. The van der Waals surface area contributed by atoms with Crippen molar-refractivity contribution in [3.8, 4) is 11.5 Å². The van der Waals surface area contributed by atoms with Crippen LogP contribution in [0.15, 0.2) is 48.5 Å². The van der Waals surface area contributed by atoms with E-state index in [9.17, 15) is 68.4 Å². The van der Waals surface area contributed by atoms with E-state index < -0.39 is 133 Å². The molecule has 9 amide bonds. The van der Waals surface area contributed by atoms with Gasteiger partial charge in [0.15, 0.2) is 0 Å². The van der Waals surface area contributed by atoms with Crippen molar-refractivity contribution in [2.75, 3.05) is 45.2 Å². The van der Waals surface area contributed by atoms with Gasteiger partial charge in [0.2, 0.25) is 53.2 Å². The van der Waals surface area contributed by atoms with E-state index in [1.54, 1.807) is 21.0 Å². The van der Waals surface area contributed by atoms with Crippen molar-refractivity contribution in [3.63, 3.8) is 0 Å². The molecule has 0 aromatic heterocycles. The van der Waals surface area contributed by atoms with Crippen molar-refractivity contribution < 1.29 is 68.4 Å². The van der Waals surface area contributed by atoms with Crippen LogP contribution in [0.2, 0.25) is 0 Å². The molecule has 10 unspecified atom stereocenters. The van der Waals surface area contributed by atoms with E-state index in [1.807, 2.05) is 13.8 Å². The topological polar surface area (TPSA) is 375 Å². The molecule has 2 aliphatic heterocycles. The quantitative estimate of drug-likeness (QED) is 0.0729. The van der Waals surface area contributed by atoms with Crippen LogP contribution in [0.4, 0.5) is 0 Å². The van der Waals surface area contributed by atoms with E-state index in [4.69, 9.17) is 0 Å². The van der Waals surface area contributed by atoms with Crippen LogP contribution in [0, 0.1) is 5.92 Å². The molecule has 25 nitrogen and oxygen atoms in total. The molecule has 2 aromatic rings. The number of carboxylic acids is 1. The number of phenols is 2. The van der Waals surface area contributed by atoms with Gasteiger partial charge >= 0.3 is 5.97 Å². The standard InChI is InChI=1S/C50H73N11O14S2/c1-26(2)18-36(58-46(71)37(52-6)22-51-5)50(75)61-17-7-8-39(61)48(73)59-38-25-77-76-24-27(3)54-49(74)42(28(4)62)60-40(65)23-53-43(68)33(19-29-9-13-31(63)14-10-29)55-44(69)34(20-30-11-15-32(64)16-12-30)56-45(70)35(21-41(66)67)57-47(38)72/h9-16,26-28,33-39,42,51-52,62-64H,7-8,17-25H2,1-6H3,(H,53,68)(H,54,74)(H,55,69)(H,56,70)(H,57,72)(H,58,71)(H,59,73)(H,60,65)(H,66,67). The molecule has 0 radical (unpaired) electrons. The maximum absolute atomic E-state index is 14.4. The zero-order chi connectivity index (χ0) is 56.9. The fraction of sp³-hybridized carbons (Fsp3) is 0.560. The highest BCUT2D eigenvalue weighted by Crippen LogP contribution is 2.25. The van der Waals surface area contributed by atoms with Crippen LogP contribution in [0.3, 0.4) is 0 Å². The van der Waals surface area contributed by atoms with Crippen LogP contribution < -0.4 is 53.2 Å². The zero-order valence-electron chi connectivity index (χ0n) is 43.9. The number of hydrogen-bond acceptors (Lipinski definition) is 17. The first kappa shape index (κ1) is 62.9. The molecule has 4 rings (SSSR count). The predicted octanol–water partition coefficient (Wildman–Crippen LogP) is -2.49. The van der Waals surface area contributed by atoms with Crippen LogP contribution in [-0.4, -0.2) is 190 Å². The number of aromatic hydroxyl groups is 2. The number of amides is 9. The molecular weight excluding hydrogens is 1040 g/mol. The second-order valence-corrected chi connectivity index (χ2v) is 21.9. The Morgan fingerprint density at radius 3 is 1.83 bits per heavy atom. The fourth-order valence-corrected chi connectivity index (χ4v) is 10.8. The fourth-order valence-electron chi connectivity index (χ4n) is 8.36. The number of nitrogens with one attached hydrogen (secondary N) is 10. The first-order chi connectivity index (χ1) is 36.5. The van der Waals surface area contributed by atoms with E-state index in [2.05, 4.69) is 53.2 Å². The average molecular weight is 1120 g/mol. The van der Waals surface area contributed by atoms with Crippen LogP contribution >= 0.6 is 21.6 Å². The van der Waals surface area contributed by atoms with E-state index in [0.717, 1.165) is 21.6 Å². The maximum atomic E-state index is 14.4. The number of likely N-dealkylation sites (N-methyl/N-ethyl adjacent to an activating group) is 2. The van der Waals surface area contributed by atoms with Crippen molar-refractivity contribution in [2.45, 2.75) is 127 Å². The molecule has 0 aliphatic carbocycles. The Morgan fingerprint density at radius 2 is 1.29 bits per heavy atom. The van der Waals surface area contributed by atoms with Crippen molar-refractivity contribution in [2.24, 2.45) is 5.92 Å². The van der Waals surface area contributed by atoms with Crippen LogP contribution in [0.1, 0.15) is 64.5 Å². The van der Waals surface area contributed by atoms with Gasteiger partial charge < -0.3 is 78.5 Å². The third kappa shape index (κ3) is 20.3. The molecule has 0 saturated carbocycles. The summed E-state index contributed by atoms with van der Waals surface area (Å²) in [6.45, 7) is 6.36. The molecule has 2 heterocycles. The Balaban J connectivity index is 1.72. The van der Waals surface area contributed by atoms with Gasteiger partial charge in [-0.05, 0) is 88.5 Å². The van der Waals surface area contributed by atoms with Gasteiger partial charge in [-0.1, -0.05) is 59.7 Å². The number of carbonyl (C=O) groups excluding carboxylic acids is 9. The Bertz CT molecular complexity index is 2380. The van der Waals surface area contributed by atoms with Gasteiger partial charge in [0.1, 0.15) is 53.8 Å². The van der Waals surface area contributed by atoms with Gasteiger partial charge in [0.05, 0.1) is 25.1 Å². The molecule has 0 bridgehead atoms. The number of phenolic OH excluding ortho intramolecular Hbond substituents is 2. The van der Waals surface area contributed by atoms with Gasteiger partial charge in [0, 0.05) is 43.5 Å². The first-order valence-corrected chi connectivity index (χ1v) is 27.7. The van der Waals surface area contributed by atoms with Crippen LogP contribution in [0.25, 0.3) is 0 Å². The lowest BCUT2D eigenvalue weighted by atomic mass is 10.0. The van der Waals surface area contributed by atoms with Crippen LogP contribution in [-0.2, 0) is 60.8 Å². The number of likely N-dealkylation sites (tertiary alicyclic amines) is 1. The Morgan fingerprint density at radius 1 is 0.727 bits per heavy atom. The summed E-state index contributed by atoms with van der Waals surface area (Å²) < 4.78 is 0. The summed E-state index contributed by atoms with van der Waals surface area (Å²) in [6.07, 6.45) is -2.12. The highest BCUT2D eigenvalue weighted by Gasteiger charge is 2.41. The van der Waals surface area contributed by atoms with E-state index in [0.29, 0.717) is 17.5 Å². The maximum Gasteiger partial charge on any atom is 0.305 e. The summed E-state index contributed by atoms with van der Waals surface area (Å²) >= 11 is 0. The van der Waals surface area contributed by atoms with E-state index in [-0.39, 0.29) is 67.7 Å². The molecule has 77 heavy (non-hydrogen) atoms.